The summed E-state index contributed by atoms with van der Waals surface area (Å²) in [6.45, 7) is 6.47. The second-order valence-corrected chi connectivity index (χ2v) is 7.74. The molecule has 0 radical (unpaired) electrons. The predicted octanol–water partition coefficient (Wildman–Crippen LogP) is 3.32. The van der Waals surface area contributed by atoms with Crippen molar-refractivity contribution in [3.63, 3.8) is 0 Å². The molecule has 2 saturated heterocycles. The van der Waals surface area contributed by atoms with Crippen LogP contribution in [0.2, 0.25) is 0 Å². The van der Waals surface area contributed by atoms with Crippen molar-refractivity contribution in [2.45, 2.75) is 6.54 Å². The van der Waals surface area contributed by atoms with Crippen LogP contribution in [0.25, 0.3) is 0 Å². The number of nitrogens with one attached hydrogen (secondary N) is 1. The zero-order valence-corrected chi connectivity index (χ0v) is 20.6. The Morgan fingerprint density at radius 3 is 2.25 bits per heavy atom. The number of ether oxygens (including phenoxy) is 1. The SMILES string of the molecule is CN=C(NCc1ccc(N2CCOCC2)c(F)c1)N1CCN(c2ccc(F)cc2)CC1.I. The van der Waals surface area contributed by atoms with E-state index in [4.69, 9.17) is 4.74 Å². The number of guanidine groups is 1. The molecule has 6 nitrogen and oxygen atoms in total. The molecular formula is C23H30F2IN5O. The van der Waals surface area contributed by atoms with Crippen LogP contribution in [0.4, 0.5) is 20.2 Å². The number of halogens is 3. The molecule has 0 aromatic heterocycles. The van der Waals surface area contributed by atoms with Crippen molar-refractivity contribution in [3.05, 3.63) is 59.7 Å². The lowest BCUT2D eigenvalue weighted by molar-refractivity contribution is 0.122. The molecule has 0 amide bonds. The van der Waals surface area contributed by atoms with Crippen molar-refractivity contribution < 1.29 is 13.5 Å². The molecule has 0 aliphatic carbocycles. The molecule has 0 bridgehead atoms. The topological polar surface area (TPSA) is 43.3 Å². The van der Waals surface area contributed by atoms with Crippen LogP contribution in [0, 0.1) is 11.6 Å². The van der Waals surface area contributed by atoms with Crippen LogP contribution in [0.3, 0.4) is 0 Å². The van der Waals surface area contributed by atoms with Gasteiger partial charge in [-0.3, -0.25) is 4.99 Å². The lowest BCUT2D eigenvalue weighted by atomic mass is 10.1. The maximum atomic E-state index is 14.6. The van der Waals surface area contributed by atoms with Crippen LogP contribution in [0.1, 0.15) is 5.56 Å². The van der Waals surface area contributed by atoms with E-state index in [0.717, 1.165) is 43.4 Å². The maximum Gasteiger partial charge on any atom is 0.194 e. The molecule has 2 aliphatic heterocycles. The van der Waals surface area contributed by atoms with E-state index in [0.29, 0.717) is 38.5 Å². The van der Waals surface area contributed by atoms with E-state index in [1.54, 1.807) is 13.1 Å². The van der Waals surface area contributed by atoms with Crippen LogP contribution in [-0.4, -0.2) is 70.4 Å². The van der Waals surface area contributed by atoms with Crippen LogP contribution in [0.15, 0.2) is 47.5 Å². The van der Waals surface area contributed by atoms with Gasteiger partial charge in [0.25, 0.3) is 0 Å². The smallest absolute Gasteiger partial charge is 0.194 e. The van der Waals surface area contributed by atoms with Gasteiger partial charge < -0.3 is 24.8 Å². The summed E-state index contributed by atoms with van der Waals surface area (Å²) >= 11 is 0. The molecule has 2 heterocycles. The third kappa shape index (κ3) is 6.00. The van der Waals surface area contributed by atoms with Crippen molar-refractivity contribution in [2.24, 2.45) is 4.99 Å². The number of benzene rings is 2. The molecule has 2 fully saturated rings. The Labute approximate surface area is 205 Å². The van der Waals surface area contributed by atoms with E-state index < -0.39 is 0 Å². The second-order valence-electron chi connectivity index (χ2n) is 7.74. The largest absolute Gasteiger partial charge is 0.378 e. The van der Waals surface area contributed by atoms with Crippen LogP contribution >= 0.6 is 24.0 Å². The van der Waals surface area contributed by atoms with Gasteiger partial charge in [0.2, 0.25) is 0 Å². The number of rotatable bonds is 4. The summed E-state index contributed by atoms with van der Waals surface area (Å²) in [6, 6.07) is 12.0. The van der Waals surface area contributed by atoms with E-state index in [1.807, 2.05) is 29.2 Å². The molecule has 2 aliphatic rings. The zero-order chi connectivity index (χ0) is 21.6. The molecular weight excluding hydrogens is 527 g/mol. The molecule has 0 spiro atoms. The van der Waals surface area contributed by atoms with Crippen molar-refractivity contribution in [1.82, 2.24) is 10.2 Å². The lowest BCUT2D eigenvalue weighted by Gasteiger charge is -2.37. The Morgan fingerprint density at radius 1 is 0.938 bits per heavy atom. The lowest BCUT2D eigenvalue weighted by Crippen LogP contribution is -2.52. The third-order valence-electron chi connectivity index (χ3n) is 5.80. The number of hydrogen-bond acceptors (Lipinski definition) is 4. The number of anilines is 2. The molecule has 9 heteroatoms. The molecule has 174 valence electrons. The van der Waals surface area contributed by atoms with E-state index in [1.165, 1.54) is 12.1 Å². The first kappa shape index (κ1) is 24.5. The average Bonchev–Trinajstić information content (AvgIpc) is 2.81. The van der Waals surface area contributed by atoms with Gasteiger partial charge in [-0.15, -0.1) is 24.0 Å². The Hall–Kier alpha value is -2.14. The van der Waals surface area contributed by atoms with Gasteiger partial charge >= 0.3 is 0 Å². The highest BCUT2D eigenvalue weighted by Crippen LogP contribution is 2.22. The van der Waals surface area contributed by atoms with Gasteiger partial charge in [0.1, 0.15) is 11.6 Å². The first-order chi connectivity index (χ1) is 15.1. The average molecular weight is 557 g/mol. The summed E-state index contributed by atoms with van der Waals surface area (Å²) < 4.78 is 33.1. The van der Waals surface area contributed by atoms with E-state index >= 15 is 0 Å². The first-order valence-corrected chi connectivity index (χ1v) is 10.7. The third-order valence-corrected chi connectivity index (χ3v) is 5.80. The molecule has 2 aromatic carbocycles. The standard InChI is InChI=1S/C23H29F2N5O.HI/c1-26-23(30-10-8-28(9-11-30)20-5-3-19(24)4-6-20)27-17-18-2-7-22(21(25)16-18)29-12-14-31-15-13-29;/h2-7,16H,8-15,17H2,1H3,(H,26,27);1H. The summed E-state index contributed by atoms with van der Waals surface area (Å²) in [5, 5.41) is 3.35. The Bertz CT molecular complexity index is 898. The number of morpholine rings is 1. The van der Waals surface area contributed by atoms with Gasteiger partial charge in [-0.2, -0.15) is 0 Å². The molecule has 32 heavy (non-hydrogen) atoms. The quantitative estimate of drug-likeness (QED) is 0.355. The summed E-state index contributed by atoms with van der Waals surface area (Å²) in [5.74, 6) is 0.377. The van der Waals surface area contributed by atoms with E-state index in [2.05, 4.69) is 20.1 Å². The fourth-order valence-corrected chi connectivity index (χ4v) is 4.06. The minimum Gasteiger partial charge on any atom is -0.378 e. The van der Waals surface area contributed by atoms with Crippen molar-refractivity contribution in [2.75, 3.05) is 69.3 Å². The normalized spacial score (nSPS) is 17.2. The fourth-order valence-electron chi connectivity index (χ4n) is 4.06. The van der Waals surface area contributed by atoms with Crippen LogP contribution < -0.4 is 15.1 Å². The molecule has 0 atom stereocenters. The molecule has 0 unspecified atom stereocenters. The number of nitrogens with zero attached hydrogens (tertiary/aromatic N) is 4. The Kier molecular flexibility index (Phi) is 8.92. The van der Waals surface area contributed by atoms with Crippen molar-refractivity contribution >= 4 is 41.3 Å². The van der Waals surface area contributed by atoms with Crippen molar-refractivity contribution in [1.29, 1.82) is 0 Å². The monoisotopic (exact) mass is 557 g/mol. The summed E-state index contributed by atoms with van der Waals surface area (Å²) in [7, 11) is 1.76. The summed E-state index contributed by atoms with van der Waals surface area (Å²) in [4.78, 5) is 10.9. The van der Waals surface area contributed by atoms with Gasteiger partial charge in [0.15, 0.2) is 5.96 Å². The zero-order valence-electron chi connectivity index (χ0n) is 18.3. The number of hydrogen-bond donors (Lipinski definition) is 1. The Morgan fingerprint density at radius 2 is 1.62 bits per heavy atom. The highest BCUT2D eigenvalue weighted by molar-refractivity contribution is 14.0. The molecule has 0 saturated carbocycles. The fraction of sp³-hybridized carbons (Fsp3) is 0.435. The molecule has 4 rings (SSSR count). The van der Waals surface area contributed by atoms with E-state index in [-0.39, 0.29) is 35.6 Å². The first-order valence-electron chi connectivity index (χ1n) is 10.7. The van der Waals surface area contributed by atoms with Crippen LogP contribution in [0.5, 0.6) is 0 Å². The highest BCUT2D eigenvalue weighted by atomic mass is 127. The predicted molar refractivity (Wildman–Crippen MR) is 135 cm³/mol. The highest BCUT2D eigenvalue weighted by Gasteiger charge is 2.20. The minimum atomic E-state index is -0.221. The maximum absolute atomic E-state index is 14.6. The van der Waals surface area contributed by atoms with Gasteiger partial charge in [-0.1, -0.05) is 6.07 Å². The second kappa shape index (κ2) is 11.6. The van der Waals surface area contributed by atoms with Crippen molar-refractivity contribution in [3.8, 4) is 0 Å². The molecule has 2 aromatic rings. The van der Waals surface area contributed by atoms with Gasteiger partial charge in [-0.05, 0) is 42.0 Å². The molecule has 1 N–H and O–H groups in total. The van der Waals surface area contributed by atoms with Crippen LogP contribution in [-0.2, 0) is 11.3 Å². The van der Waals surface area contributed by atoms with Gasteiger partial charge in [0, 0.05) is 58.5 Å². The van der Waals surface area contributed by atoms with Gasteiger partial charge in [0.05, 0.1) is 18.9 Å². The number of piperazine rings is 1. The van der Waals surface area contributed by atoms with E-state index in [9.17, 15) is 8.78 Å². The minimum absolute atomic E-state index is 0. The summed E-state index contributed by atoms with van der Waals surface area (Å²) in [6.07, 6.45) is 0. The van der Waals surface area contributed by atoms with Gasteiger partial charge in [-0.25, -0.2) is 8.78 Å². The Balaban J connectivity index is 0.00000289. The number of aliphatic imine (C=N–C) groups is 1. The summed E-state index contributed by atoms with van der Waals surface area (Å²) in [5.41, 5.74) is 2.54.